The van der Waals surface area contributed by atoms with E-state index in [2.05, 4.69) is 34.2 Å². The number of carbonyl (C=O) groups is 1. The van der Waals surface area contributed by atoms with Crippen molar-refractivity contribution in [3.63, 3.8) is 0 Å². The largest absolute Gasteiger partial charge is 0.352 e. The Morgan fingerprint density at radius 1 is 1.19 bits per heavy atom. The Labute approximate surface area is 127 Å². The highest BCUT2D eigenvalue weighted by atomic mass is 16.2. The Balaban J connectivity index is 1.74. The summed E-state index contributed by atoms with van der Waals surface area (Å²) in [5.74, 6) is 0.175. The molecule has 114 valence electrons. The maximum Gasteiger partial charge on any atom is 0.242 e. The first-order chi connectivity index (χ1) is 10.3. The molecule has 0 bridgehead atoms. The van der Waals surface area contributed by atoms with Gasteiger partial charge < -0.3 is 10.2 Å². The normalized spacial score (nSPS) is 22.0. The number of piperazine rings is 1. The van der Waals surface area contributed by atoms with Crippen LogP contribution in [0.25, 0.3) is 0 Å². The molecule has 2 aliphatic rings. The van der Waals surface area contributed by atoms with Gasteiger partial charge >= 0.3 is 0 Å². The topological polar surface area (TPSA) is 35.6 Å². The van der Waals surface area contributed by atoms with Crippen LogP contribution in [0.15, 0.2) is 30.3 Å². The average Bonchev–Trinajstić information content (AvgIpc) is 3.33. The minimum absolute atomic E-state index is 0.134. The molecule has 0 spiro atoms. The predicted molar refractivity (Wildman–Crippen MR) is 84.0 cm³/mol. The minimum Gasteiger partial charge on any atom is -0.352 e. The fourth-order valence-corrected chi connectivity index (χ4v) is 3.01. The van der Waals surface area contributed by atoms with Crippen LogP contribution >= 0.6 is 0 Å². The van der Waals surface area contributed by atoms with Crippen LogP contribution in [0.3, 0.4) is 0 Å². The summed E-state index contributed by atoms with van der Waals surface area (Å²) in [5, 5.41) is 3.18. The molecule has 4 heteroatoms. The second-order valence-electron chi connectivity index (χ2n) is 6.07. The quantitative estimate of drug-likeness (QED) is 0.894. The van der Waals surface area contributed by atoms with E-state index in [4.69, 9.17) is 0 Å². The van der Waals surface area contributed by atoms with E-state index in [1.165, 1.54) is 0 Å². The molecule has 1 aliphatic heterocycles. The molecule has 1 atom stereocenters. The van der Waals surface area contributed by atoms with E-state index >= 15 is 0 Å². The van der Waals surface area contributed by atoms with Crippen molar-refractivity contribution in [2.75, 3.05) is 32.7 Å². The zero-order chi connectivity index (χ0) is 14.7. The number of rotatable bonds is 5. The van der Waals surface area contributed by atoms with Gasteiger partial charge in [0.1, 0.15) is 6.04 Å². The second kappa shape index (κ2) is 6.58. The SMILES string of the molecule is CCN1CCN(C(C(=O)NC2CC2)c2ccccc2)CC1. The standard InChI is InChI=1S/C17H25N3O/c1-2-19-10-12-20(13-11-19)16(14-6-4-3-5-7-14)17(21)18-15-8-9-15/h3-7,15-16H,2,8-13H2,1H3,(H,18,21). The van der Waals surface area contributed by atoms with E-state index in [9.17, 15) is 4.79 Å². The van der Waals surface area contributed by atoms with E-state index < -0.39 is 0 Å². The highest BCUT2D eigenvalue weighted by Crippen LogP contribution is 2.25. The molecule has 1 heterocycles. The third kappa shape index (κ3) is 3.63. The molecular formula is C17H25N3O. The number of hydrogen-bond acceptors (Lipinski definition) is 3. The van der Waals surface area contributed by atoms with Gasteiger partial charge in [0.05, 0.1) is 0 Å². The number of amides is 1. The summed E-state index contributed by atoms with van der Waals surface area (Å²) in [7, 11) is 0. The Kier molecular flexibility index (Phi) is 4.56. The van der Waals surface area contributed by atoms with Crippen LogP contribution in [0.5, 0.6) is 0 Å². The average molecular weight is 287 g/mol. The number of benzene rings is 1. The summed E-state index contributed by atoms with van der Waals surface area (Å²) in [6.07, 6.45) is 2.27. The zero-order valence-corrected chi connectivity index (χ0v) is 12.8. The van der Waals surface area contributed by atoms with Crippen molar-refractivity contribution in [1.29, 1.82) is 0 Å². The van der Waals surface area contributed by atoms with Gasteiger partial charge in [-0.3, -0.25) is 9.69 Å². The lowest BCUT2D eigenvalue weighted by Crippen LogP contribution is -2.51. The van der Waals surface area contributed by atoms with E-state index in [0.29, 0.717) is 6.04 Å². The Hall–Kier alpha value is -1.39. The van der Waals surface area contributed by atoms with Crippen LogP contribution in [0, 0.1) is 0 Å². The molecule has 1 saturated heterocycles. The molecule has 4 nitrogen and oxygen atoms in total. The third-order valence-electron chi connectivity index (χ3n) is 4.51. The van der Waals surface area contributed by atoms with E-state index in [1.54, 1.807) is 0 Å². The summed E-state index contributed by atoms with van der Waals surface area (Å²) in [5.41, 5.74) is 1.11. The number of carbonyl (C=O) groups excluding carboxylic acids is 1. The molecule has 1 aromatic carbocycles. The summed E-state index contributed by atoms with van der Waals surface area (Å²) >= 11 is 0. The van der Waals surface area contributed by atoms with Crippen molar-refractivity contribution in [1.82, 2.24) is 15.1 Å². The molecule has 2 fully saturated rings. The highest BCUT2D eigenvalue weighted by molar-refractivity contribution is 5.83. The fourth-order valence-electron chi connectivity index (χ4n) is 3.01. The van der Waals surface area contributed by atoms with Crippen LogP contribution in [0.1, 0.15) is 31.4 Å². The van der Waals surface area contributed by atoms with Crippen molar-refractivity contribution >= 4 is 5.91 Å². The number of likely N-dealkylation sites (N-methyl/N-ethyl adjacent to an activating group) is 1. The number of nitrogens with one attached hydrogen (secondary N) is 1. The van der Waals surface area contributed by atoms with Gasteiger partial charge in [0.25, 0.3) is 0 Å². The van der Waals surface area contributed by atoms with Gasteiger partial charge in [0.2, 0.25) is 5.91 Å². The first kappa shape index (κ1) is 14.5. The van der Waals surface area contributed by atoms with Crippen LogP contribution < -0.4 is 5.32 Å². The summed E-state index contributed by atoms with van der Waals surface area (Å²) in [4.78, 5) is 17.5. The second-order valence-corrected chi connectivity index (χ2v) is 6.07. The lowest BCUT2D eigenvalue weighted by atomic mass is 10.0. The molecule has 1 saturated carbocycles. The van der Waals surface area contributed by atoms with Crippen molar-refractivity contribution < 1.29 is 4.79 Å². The van der Waals surface area contributed by atoms with Gasteiger partial charge in [-0.15, -0.1) is 0 Å². The smallest absolute Gasteiger partial charge is 0.242 e. The zero-order valence-electron chi connectivity index (χ0n) is 12.8. The Morgan fingerprint density at radius 3 is 2.43 bits per heavy atom. The first-order valence-electron chi connectivity index (χ1n) is 8.09. The molecule has 21 heavy (non-hydrogen) atoms. The van der Waals surface area contributed by atoms with Gasteiger partial charge in [0.15, 0.2) is 0 Å². The van der Waals surface area contributed by atoms with Crippen molar-refractivity contribution in [3.05, 3.63) is 35.9 Å². The van der Waals surface area contributed by atoms with E-state index in [0.717, 1.165) is 51.1 Å². The summed E-state index contributed by atoms with van der Waals surface area (Å²) in [6, 6.07) is 10.5. The monoisotopic (exact) mass is 287 g/mol. The van der Waals surface area contributed by atoms with Crippen LogP contribution in [0.2, 0.25) is 0 Å². The molecule has 1 N–H and O–H groups in total. The van der Waals surface area contributed by atoms with Crippen molar-refractivity contribution in [2.24, 2.45) is 0 Å². The molecule has 1 aromatic rings. The summed E-state index contributed by atoms with van der Waals surface area (Å²) in [6.45, 7) is 7.33. The minimum atomic E-state index is -0.134. The Bertz CT molecular complexity index is 464. The first-order valence-corrected chi connectivity index (χ1v) is 8.09. The maximum atomic E-state index is 12.7. The molecule has 3 rings (SSSR count). The lowest BCUT2D eigenvalue weighted by Gasteiger charge is -2.38. The molecule has 1 unspecified atom stereocenters. The molecule has 1 amide bonds. The van der Waals surface area contributed by atoms with Crippen molar-refractivity contribution in [3.8, 4) is 0 Å². The van der Waals surface area contributed by atoms with Gasteiger partial charge in [0, 0.05) is 32.2 Å². The molecular weight excluding hydrogens is 262 g/mol. The predicted octanol–water partition coefficient (Wildman–Crippen LogP) is 1.64. The lowest BCUT2D eigenvalue weighted by molar-refractivity contribution is -0.127. The molecule has 0 aromatic heterocycles. The van der Waals surface area contributed by atoms with Crippen molar-refractivity contribution in [2.45, 2.75) is 31.8 Å². The maximum absolute atomic E-state index is 12.7. The summed E-state index contributed by atoms with van der Waals surface area (Å²) < 4.78 is 0. The Morgan fingerprint density at radius 2 is 1.86 bits per heavy atom. The van der Waals surface area contributed by atoms with Gasteiger partial charge in [-0.1, -0.05) is 37.3 Å². The molecule has 1 aliphatic carbocycles. The third-order valence-corrected chi connectivity index (χ3v) is 4.51. The van der Waals surface area contributed by atoms with Crippen LogP contribution in [-0.4, -0.2) is 54.5 Å². The van der Waals surface area contributed by atoms with E-state index in [1.807, 2.05) is 18.2 Å². The number of nitrogens with zero attached hydrogens (tertiary/aromatic N) is 2. The van der Waals surface area contributed by atoms with Crippen LogP contribution in [0.4, 0.5) is 0 Å². The van der Waals surface area contributed by atoms with Crippen LogP contribution in [-0.2, 0) is 4.79 Å². The van der Waals surface area contributed by atoms with Gasteiger partial charge in [-0.05, 0) is 24.9 Å². The fraction of sp³-hybridized carbons (Fsp3) is 0.588. The van der Waals surface area contributed by atoms with Gasteiger partial charge in [-0.25, -0.2) is 0 Å². The van der Waals surface area contributed by atoms with E-state index in [-0.39, 0.29) is 11.9 Å². The van der Waals surface area contributed by atoms with Gasteiger partial charge in [-0.2, -0.15) is 0 Å². The highest BCUT2D eigenvalue weighted by Gasteiger charge is 2.33. The molecule has 0 radical (unpaired) electrons. The number of hydrogen-bond donors (Lipinski definition) is 1.